The number of methoxy groups -OCH3 is 1. The van der Waals surface area contributed by atoms with Gasteiger partial charge in [0.25, 0.3) is 0 Å². The van der Waals surface area contributed by atoms with Gasteiger partial charge in [-0.15, -0.1) is 0 Å². The number of rotatable bonds is 7. The van der Waals surface area contributed by atoms with Crippen molar-refractivity contribution in [2.24, 2.45) is 5.92 Å². The summed E-state index contributed by atoms with van der Waals surface area (Å²) in [5.41, 5.74) is 0. The van der Waals surface area contributed by atoms with Crippen LogP contribution in [0.1, 0.15) is 18.7 Å². The van der Waals surface area contributed by atoms with E-state index in [9.17, 15) is 4.79 Å². The van der Waals surface area contributed by atoms with Crippen molar-refractivity contribution in [3.8, 4) is 0 Å². The summed E-state index contributed by atoms with van der Waals surface area (Å²) in [4.78, 5) is 15.6. The summed E-state index contributed by atoms with van der Waals surface area (Å²) in [6, 6.07) is 0. The maximum atomic E-state index is 11.4. The molecule has 94 valence electrons. The van der Waals surface area contributed by atoms with Gasteiger partial charge in [0, 0.05) is 25.2 Å². The van der Waals surface area contributed by atoms with E-state index in [1.54, 1.807) is 7.11 Å². The number of amides is 1. The van der Waals surface area contributed by atoms with Gasteiger partial charge in [0.2, 0.25) is 11.0 Å². The number of ether oxygens (including phenoxy) is 1. The number of hydrogen-bond acceptors (Lipinski definition) is 6. The molecule has 2 rings (SSSR count). The number of carbonyl (C=O) groups excluding carboxylic acids is 1. The van der Waals surface area contributed by atoms with Crippen LogP contribution in [0.25, 0.3) is 0 Å². The zero-order valence-corrected chi connectivity index (χ0v) is 10.5. The molecule has 1 saturated carbocycles. The van der Waals surface area contributed by atoms with Crippen molar-refractivity contribution < 1.29 is 9.53 Å². The van der Waals surface area contributed by atoms with E-state index in [4.69, 9.17) is 4.74 Å². The van der Waals surface area contributed by atoms with Crippen molar-refractivity contribution in [1.29, 1.82) is 0 Å². The first kappa shape index (κ1) is 12.3. The van der Waals surface area contributed by atoms with Gasteiger partial charge in [-0.05, 0) is 18.8 Å². The summed E-state index contributed by atoms with van der Waals surface area (Å²) in [6.45, 7) is 1.44. The zero-order valence-electron chi connectivity index (χ0n) is 9.73. The first-order valence-corrected chi connectivity index (χ1v) is 6.37. The Labute approximate surface area is 104 Å². The highest BCUT2D eigenvalue weighted by Crippen LogP contribution is 2.27. The van der Waals surface area contributed by atoms with E-state index in [-0.39, 0.29) is 12.5 Å². The molecule has 0 radical (unpaired) electrons. The Balaban J connectivity index is 1.66. The molecule has 0 saturated heterocycles. The Morgan fingerprint density at radius 2 is 2.41 bits per heavy atom. The normalized spacial score (nSPS) is 14.6. The second-order valence-corrected chi connectivity index (χ2v) is 4.80. The van der Waals surface area contributed by atoms with E-state index in [1.807, 2.05) is 0 Å². The second kappa shape index (κ2) is 5.92. The van der Waals surface area contributed by atoms with Crippen molar-refractivity contribution >= 4 is 22.6 Å². The van der Waals surface area contributed by atoms with Crippen LogP contribution >= 0.6 is 11.5 Å². The van der Waals surface area contributed by atoms with Gasteiger partial charge >= 0.3 is 0 Å². The van der Waals surface area contributed by atoms with Gasteiger partial charge in [0.05, 0.1) is 6.54 Å². The molecule has 1 amide bonds. The number of hydrogen-bond donors (Lipinski definition) is 2. The Morgan fingerprint density at radius 1 is 1.59 bits per heavy atom. The van der Waals surface area contributed by atoms with Crippen LogP contribution in [0, 0.1) is 5.92 Å². The van der Waals surface area contributed by atoms with Crippen molar-refractivity contribution in [1.82, 2.24) is 14.7 Å². The molecule has 1 fully saturated rings. The Kier molecular flexibility index (Phi) is 4.27. The molecule has 0 unspecified atom stereocenters. The Hall–Kier alpha value is -1.21. The van der Waals surface area contributed by atoms with E-state index in [2.05, 4.69) is 20.0 Å². The number of nitrogens with one attached hydrogen (secondary N) is 2. The minimum atomic E-state index is 0.000363. The topological polar surface area (TPSA) is 76.1 Å². The molecular weight excluding hydrogens is 240 g/mol. The summed E-state index contributed by atoms with van der Waals surface area (Å²) >= 11 is 1.24. The van der Waals surface area contributed by atoms with Crippen LogP contribution in [0.3, 0.4) is 0 Å². The molecule has 0 spiro atoms. The third kappa shape index (κ3) is 4.27. The van der Waals surface area contributed by atoms with Crippen molar-refractivity contribution in [2.45, 2.75) is 19.4 Å². The summed E-state index contributed by atoms with van der Waals surface area (Å²) in [6.07, 6.45) is 2.48. The van der Waals surface area contributed by atoms with Gasteiger partial charge in [-0.2, -0.15) is 4.37 Å². The van der Waals surface area contributed by atoms with E-state index >= 15 is 0 Å². The molecule has 1 aromatic heterocycles. The largest absolute Gasteiger partial charge is 0.377 e. The number of aromatic nitrogens is 2. The fourth-order valence-corrected chi connectivity index (χ4v) is 1.88. The smallest absolute Gasteiger partial charge is 0.239 e. The van der Waals surface area contributed by atoms with Gasteiger partial charge < -0.3 is 15.4 Å². The summed E-state index contributed by atoms with van der Waals surface area (Å²) < 4.78 is 8.99. The van der Waals surface area contributed by atoms with Crippen LogP contribution in [-0.2, 0) is 16.1 Å². The van der Waals surface area contributed by atoms with Crippen molar-refractivity contribution in [2.75, 3.05) is 25.5 Å². The van der Waals surface area contributed by atoms with Crippen LogP contribution in [-0.4, -0.2) is 35.5 Å². The van der Waals surface area contributed by atoms with E-state index < -0.39 is 0 Å². The maximum Gasteiger partial charge on any atom is 0.239 e. The predicted octanol–water partition coefficient (Wildman–Crippen LogP) is 0.623. The summed E-state index contributed by atoms with van der Waals surface area (Å²) in [5, 5.41) is 6.47. The molecule has 1 aliphatic rings. The number of anilines is 1. The molecule has 6 nitrogen and oxygen atoms in total. The third-order valence-corrected chi connectivity index (χ3v) is 3.14. The molecule has 0 aliphatic heterocycles. The average Bonchev–Trinajstić information content (AvgIpc) is 3.05. The lowest BCUT2D eigenvalue weighted by Crippen LogP contribution is -2.31. The molecular formula is C10H16N4O2S. The molecule has 2 N–H and O–H groups in total. The van der Waals surface area contributed by atoms with E-state index in [0.717, 1.165) is 6.54 Å². The highest BCUT2D eigenvalue weighted by atomic mass is 32.1. The lowest BCUT2D eigenvalue weighted by molar-refractivity contribution is -0.119. The van der Waals surface area contributed by atoms with Gasteiger partial charge in [0.15, 0.2) is 5.82 Å². The van der Waals surface area contributed by atoms with Crippen molar-refractivity contribution in [3.05, 3.63) is 5.82 Å². The zero-order chi connectivity index (χ0) is 12.1. The molecule has 0 aromatic carbocycles. The summed E-state index contributed by atoms with van der Waals surface area (Å²) in [7, 11) is 1.60. The monoisotopic (exact) mass is 256 g/mol. The highest BCUT2D eigenvalue weighted by molar-refractivity contribution is 7.09. The highest BCUT2D eigenvalue weighted by Gasteiger charge is 2.21. The van der Waals surface area contributed by atoms with Gasteiger partial charge in [-0.25, -0.2) is 4.98 Å². The maximum absolute atomic E-state index is 11.4. The van der Waals surface area contributed by atoms with Crippen LogP contribution < -0.4 is 10.6 Å². The number of carbonyl (C=O) groups is 1. The third-order valence-electron chi connectivity index (χ3n) is 2.43. The quantitative estimate of drug-likeness (QED) is 0.748. The second-order valence-electron chi connectivity index (χ2n) is 4.05. The fraction of sp³-hybridized carbons (Fsp3) is 0.700. The van der Waals surface area contributed by atoms with Crippen molar-refractivity contribution in [3.63, 3.8) is 0 Å². The minimum Gasteiger partial charge on any atom is -0.377 e. The van der Waals surface area contributed by atoms with Gasteiger partial charge in [-0.3, -0.25) is 4.79 Å². The molecule has 1 aromatic rings. The lowest BCUT2D eigenvalue weighted by Gasteiger charge is -2.03. The first-order valence-electron chi connectivity index (χ1n) is 5.60. The van der Waals surface area contributed by atoms with Crippen LogP contribution in [0.2, 0.25) is 0 Å². The lowest BCUT2D eigenvalue weighted by atomic mass is 10.4. The minimum absolute atomic E-state index is 0.000363. The van der Waals surface area contributed by atoms with Crippen LogP contribution in [0.15, 0.2) is 0 Å². The fourth-order valence-electron chi connectivity index (χ4n) is 1.31. The number of nitrogens with zero attached hydrogens (tertiary/aromatic N) is 2. The van der Waals surface area contributed by atoms with Crippen LogP contribution in [0.4, 0.5) is 5.13 Å². The first-order chi connectivity index (χ1) is 8.28. The van der Waals surface area contributed by atoms with Crippen LogP contribution in [0.5, 0.6) is 0 Å². The average molecular weight is 256 g/mol. The predicted molar refractivity (Wildman–Crippen MR) is 64.8 cm³/mol. The molecule has 7 heteroatoms. The SMILES string of the molecule is COCc1nsc(NCC(=O)NCC2CC2)n1. The van der Waals surface area contributed by atoms with E-state index in [1.165, 1.54) is 24.4 Å². The molecule has 17 heavy (non-hydrogen) atoms. The molecule has 0 bridgehead atoms. The molecule has 1 aliphatic carbocycles. The Morgan fingerprint density at radius 3 is 3.12 bits per heavy atom. The molecule has 0 atom stereocenters. The Bertz CT molecular complexity index is 378. The van der Waals surface area contributed by atoms with Gasteiger partial charge in [-0.1, -0.05) is 0 Å². The summed E-state index contributed by atoms with van der Waals surface area (Å²) in [5.74, 6) is 1.34. The molecule has 1 heterocycles. The standard InChI is InChI=1S/C10H16N4O2S/c1-16-6-8-13-10(17-14-8)12-5-9(15)11-4-7-2-3-7/h7H,2-6H2,1H3,(H,11,15)(H,12,13,14). The van der Waals surface area contributed by atoms with E-state index in [0.29, 0.717) is 23.5 Å². The van der Waals surface area contributed by atoms with Gasteiger partial charge in [0.1, 0.15) is 6.61 Å².